The van der Waals surface area contributed by atoms with E-state index in [9.17, 15) is 8.78 Å². The number of nitrogen functional groups attached to an aromatic ring is 1. The molecule has 0 atom stereocenters. The van der Waals surface area contributed by atoms with Gasteiger partial charge in [-0.2, -0.15) is 0 Å². The number of aromatic nitrogens is 1. The van der Waals surface area contributed by atoms with Crippen molar-refractivity contribution in [3.8, 4) is 21.8 Å². The van der Waals surface area contributed by atoms with E-state index in [1.807, 2.05) is 12.1 Å². The molecule has 1 heterocycles. The van der Waals surface area contributed by atoms with Gasteiger partial charge < -0.3 is 5.73 Å². The van der Waals surface area contributed by atoms with Gasteiger partial charge >= 0.3 is 0 Å². The zero-order valence-corrected chi connectivity index (χ0v) is 11.1. The maximum atomic E-state index is 13.7. The Bertz CT molecular complexity index is 731. The van der Waals surface area contributed by atoms with Crippen LogP contribution in [0.15, 0.2) is 47.8 Å². The molecule has 100 valence electrons. The molecule has 0 spiro atoms. The van der Waals surface area contributed by atoms with Crippen LogP contribution in [0.4, 0.5) is 14.5 Å². The first-order valence-electron chi connectivity index (χ1n) is 5.91. The highest BCUT2D eigenvalue weighted by Gasteiger charge is 2.14. The van der Waals surface area contributed by atoms with Gasteiger partial charge in [0.2, 0.25) is 0 Å². The molecule has 3 rings (SSSR count). The molecule has 5 heteroatoms. The van der Waals surface area contributed by atoms with Gasteiger partial charge in [0.1, 0.15) is 16.6 Å². The van der Waals surface area contributed by atoms with Crippen molar-refractivity contribution >= 4 is 17.0 Å². The maximum Gasteiger partial charge on any atom is 0.135 e. The van der Waals surface area contributed by atoms with Crippen molar-refractivity contribution in [2.75, 3.05) is 5.73 Å². The van der Waals surface area contributed by atoms with Crippen LogP contribution in [-0.2, 0) is 0 Å². The van der Waals surface area contributed by atoms with Crippen molar-refractivity contribution in [3.63, 3.8) is 0 Å². The van der Waals surface area contributed by atoms with Crippen LogP contribution in [-0.4, -0.2) is 4.98 Å². The Morgan fingerprint density at radius 3 is 2.25 bits per heavy atom. The lowest BCUT2D eigenvalue weighted by Gasteiger charge is -2.01. The minimum absolute atomic E-state index is 0.0922. The Morgan fingerprint density at radius 1 is 0.950 bits per heavy atom. The molecule has 2 aromatic carbocycles. The maximum absolute atomic E-state index is 13.7. The van der Waals surface area contributed by atoms with Crippen LogP contribution in [0.1, 0.15) is 0 Å². The third-order valence-corrected chi connectivity index (χ3v) is 3.77. The van der Waals surface area contributed by atoms with Gasteiger partial charge in [-0.3, -0.25) is 0 Å². The summed E-state index contributed by atoms with van der Waals surface area (Å²) in [6.07, 6.45) is 0. The second-order valence-electron chi connectivity index (χ2n) is 4.26. The second kappa shape index (κ2) is 5.02. The third-order valence-electron chi connectivity index (χ3n) is 2.88. The Balaban J connectivity index is 2.04. The highest BCUT2D eigenvalue weighted by Crippen LogP contribution is 2.31. The molecule has 2 N–H and O–H groups in total. The number of halogens is 2. The summed E-state index contributed by atoms with van der Waals surface area (Å²) in [6, 6.07) is 11.0. The SMILES string of the molecule is Nc1ccc(-c2nc(-c3c(F)cccc3F)cs2)cc1. The predicted molar refractivity (Wildman–Crippen MR) is 77.3 cm³/mol. The monoisotopic (exact) mass is 288 g/mol. The molecule has 2 nitrogen and oxygen atoms in total. The molecule has 3 aromatic rings. The van der Waals surface area contributed by atoms with Crippen LogP contribution in [0.3, 0.4) is 0 Å². The molecule has 1 aromatic heterocycles. The summed E-state index contributed by atoms with van der Waals surface area (Å²) >= 11 is 1.34. The zero-order valence-electron chi connectivity index (χ0n) is 10.3. The predicted octanol–water partition coefficient (Wildman–Crippen LogP) is 4.34. The molecular formula is C15H10F2N2S. The standard InChI is InChI=1S/C15H10F2N2S/c16-11-2-1-3-12(17)14(11)13-8-20-15(19-13)9-4-6-10(18)7-5-9/h1-8H,18H2. The molecule has 0 bridgehead atoms. The molecule has 20 heavy (non-hydrogen) atoms. The smallest absolute Gasteiger partial charge is 0.135 e. The fourth-order valence-corrected chi connectivity index (χ4v) is 2.71. The molecule has 0 amide bonds. The molecule has 0 unspecified atom stereocenters. The first-order chi connectivity index (χ1) is 9.65. The van der Waals surface area contributed by atoms with Gasteiger partial charge in [0.05, 0.1) is 11.3 Å². The number of thiazole rings is 1. The highest BCUT2D eigenvalue weighted by molar-refractivity contribution is 7.13. The number of hydrogen-bond donors (Lipinski definition) is 1. The second-order valence-corrected chi connectivity index (χ2v) is 5.11. The zero-order chi connectivity index (χ0) is 14.1. The lowest BCUT2D eigenvalue weighted by atomic mass is 10.1. The van der Waals surface area contributed by atoms with E-state index in [-0.39, 0.29) is 5.56 Å². The molecule has 0 saturated heterocycles. The van der Waals surface area contributed by atoms with E-state index in [1.165, 1.54) is 29.5 Å². The lowest BCUT2D eigenvalue weighted by Crippen LogP contribution is -1.90. The molecule has 0 aliphatic rings. The van der Waals surface area contributed by atoms with E-state index in [4.69, 9.17) is 5.73 Å². The largest absolute Gasteiger partial charge is 0.399 e. The minimum atomic E-state index is -0.612. The van der Waals surface area contributed by atoms with Crippen molar-refractivity contribution in [1.29, 1.82) is 0 Å². The Morgan fingerprint density at radius 2 is 1.60 bits per heavy atom. The normalized spacial score (nSPS) is 10.7. The third kappa shape index (κ3) is 2.28. The number of anilines is 1. The van der Waals surface area contributed by atoms with Crippen LogP contribution in [0, 0.1) is 11.6 Å². The Hall–Kier alpha value is -2.27. The van der Waals surface area contributed by atoms with Crippen LogP contribution in [0.25, 0.3) is 21.8 Å². The minimum Gasteiger partial charge on any atom is -0.399 e. The molecule has 0 radical (unpaired) electrons. The van der Waals surface area contributed by atoms with Crippen molar-refractivity contribution in [2.24, 2.45) is 0 Å². The average molecular weight is 288 g/mol. The van der Waals surface area contributed by atoms with Gasteiger partial charge in [0.25, 0.3) is 0 Å². The quantitative estimate of drug-likeness (QED) is 0.712. The van der Waals surface area contributed by atoms with E-state index in [1.54, 1.807) is 17.5 Å². The van der Waals surface area contributed by atoms with E-state index in [0.717, 1.165) is 5.56 Å². The molecule has 0 aliphatic carbocycles. The fourth-order valence-electron chi connectivity index (χ4n) is 1.89. The number of hydrogen-bond acceptors (Lipinski definition) is 3. The first-order valence-corrected chi connectivity index (χ1v) is 6.79. The van der Waals surface area contributed by atoms with Gasteiger partial charge in [0.15, 0.2) is 0 Å². The van der Waals surface area contributed by atoms with Gasteiger partial charge in [-0.15, -0.1) is 11.3 Å². The van der Waals surface area contributed by atoms with Crippen LogP contribution < -0.4 is 5.73 Å². The summed E-state index contributed by atoms with van der Waals surface area (Å²) in [7, 11) is 0. The first kappa shape index (κ1) is 12.7. The van der Waals surface area contributed by atoms with Gasteiger partial charge in [-0.25, -0.2) is 13.8 Å². The molecule has 0 saturated carbocycles. The van der Waals surface area contributed by atoms with E-state index >= 15 is 0 Å². The van der Waals surface area contributed by atoms with Crippen LogP contribution in [0.5, 0.6) is 0 Å². The molecular weight excluding hydrogens is 278 g/mol. The van der Waals surface area contributed by atoms with E-state index < -0.39 is 11.6 Å². The lowest BCUT2D eigenvalue weighted by molar-refractivity contribution is 0.589. The average Bonchev–Trinajstić information content (AvgIpc) is 2.89. The summed E-state index contributed by atoms with van der Waals surface area (Å²) < 4.78 is 27.4. The summed E-state index contributed by atoms with van der Waals surface area (Å²) in [5, 5.41) is 2.34. The van der Waals surface area contributed by atoms with Crippen molar-refractivity contribution in [1.82, 2.24) is 4.98 Å². The van der Waals surface area contributed by atoms with Crippen molar-refractivity contribution in [3.05, 3.63) is 59.5 Å². The van der Waals surface area contributed by atoms with Crippen molar-refractivity contribution in [2.45, 2.75) is 0 Å². The Kier molecular flexibility index (Phi) is 3.20. The Labute approximate surface area is 118 Å². The summed E-state index contributed by atoms with van der Waals surface area (Å²) in [4.78, 5) is 4.30. The highest BCUT2D eigenvalue weighted by atomic mass is 32.1. The van der Waals surface area contributed by atoms with Crippen LogP contribution >= 0.6 is 11.3 Å². The number of rotatable bonds is 2. The number of nitrogens with zero attached hydrogens (tertiary/aromatic N) is 1. The van der Waals surface area contributed by atoms with E-state index in [0.29, 0.717) is 16.4 Å². The summed E-state index contributed by atoms with van der Waals surface area (Å²) in [5.74, 6) is -1.22. The van der Waals surface area contributed by atoms with Gasteiger partial charge in [-0.1, -0.05) is 6.07 Å². The summed E-state index contributed by atoms with van der Waals surface area (Å²) in [6.45, 7) is 0. The van der Waals surface area contributed by atoms with E-state index in [2.05, 4.69) is 4.98 Å². The number of benzene rings is 2. The van der Waals surface area contributed by atoms with Crippen molar-refractivity contribution < 1.29 is 8.78 Å². The van der Waals surface area contributed by atoms with Gasteiger partial charge in [-0.05, 0) is 36.4 Å². The fraction of sp³-hybridized carbons (Fsp3) is 0. The topological polar surface area (TPSA) is 38.9 Å². The van der Waals surface area contributed by atoms with Gasteiger partial charge in [0, 0.05) is 16.6 Å². The van der Waals surface area contributed by atoms with Crippen LogP contribution in [0.2, 0.25) is 0 Å². The molecule has 0 fully saturated rings. The number of nitrogens with two attached hydrogens (primary N) is 1. The summed E-state index contributed by atoms with van der Waals surface area (Å²) in [5.41, 5.74) is 7.36. The molecule has 0 aliphatic heterocycles.